The largest absolute Gasteiger partial charge is 0.488 e. The molecule has 1 aliphatic rings. The molecule has 1 heterocycles. The van der Waals surface area contributed by atoms with Crippen molar-refractivity contribution in [2.24, 2.45) is 0 Å². The fraction of sp³-hybridized carbons (Fsp3) is 0.154. The van der Waals surface area contributed by atoms with E-state index in [-0.39, 0.29) is 5.91 Å². The van der Waals surface area contributed by atoms with Crippen molar-refractivity contribution in [3.8, 4) is 5.75 Å². The Balaban J connectivity index is 2.22. The number of rotatable bonds is 3. The zero-order valence-corrected chi connectivity index (χ0v) is 10.8. The number of halogens is 1. The molecule has 0 atom stereocenters. The van der Waals surface area contributed by atoms with Gasteiger partial charge in [-0.2, -0.15) is 0 Å². The van der Waals surface area contributed by atoms with Crippen LogP contribution in [0.5, 0.6) is 5.75 Å². The van der Waals surface area contributed by atoms with Gasteiger partial charge in [0.1, 0.15) is 12.4 Å². The minimum Gasteiger partial charge on any atom is -0.488 e. The van der Waals surface area contributed by atoms with Crippen molar-refractivity contribution >= 4 is 27.9 Å². The molecule has 0 unspecified atom stereocenters. The van der Waals surface area contributed by atoms with Gasteiger partial charge in [-0.15, -0.1) is 6.58 Å². The Morgan fingerprint density at radius 3 is 3.18 bits per heavy atom. The second-order valence-electron chi connectivity index (χ2n) is 3.64. The summed E-state index contributed by atoms with van der Waals surface area (Å²) < 4.78 is 6.48. The lowest BCUT2D eigenvalue weighted by atomic mass is 10.1. The van der Waals surface area contributed by atoms with Gasteiger partial charge in [0.05, 0.1) is 5.57 Å². The molecule has 1 aromatic rings. The molecule has 0 fully saturated rings. The number of fused-ring (bicyclic) bond motifs is 1. The molecule has 0 saturated heterocycles. The number of hydrogen-bond acceptors (Lipinski definition) is 2. The molecule has 2 rings (SSSR count). The Bertz CT molecular complexity index is 494. The van der Waals surface area contributed by atoms with Crippen molar-refractivity contribution in [3.05, 3.63) is 46.5 Å². The molecular weight excluding hydrogens is 282 g/mol. The summed E-state index contributed by atoms with van der Waals surface area (Å²) in [5.74, 6) is 0.684. The van der Waals surface area contributed by atoms with Crippen LogP contribution in [0.15, 0.2) is 40.9 Å². The summed E-state index contributed by atoms with van der Waals surface area (Å²) >= 11 is 3.39. The monoisotopic (exact) mass is 293 g/mol. The van der Waals surface area contributed by atoms with Gasteiger partial charge in [-0.1, -0.05) is 22.0 Å². The van der Waals surface area contributed by atoms with E-state index in [4.69, 9.17) is 4.74 Å². The lowest BCUT2D eigenvalue weighted by molar-refractivity contribution is -0.117. The van der Waals surface area contributed by atoms with E-state index in [1.807, 2.05) is 24.3 Å². The number of hydrogen-bond donors (Lipinski definition) is 1. The Morgan fingerprint density at radius 1 is 1.59 bits per heavy atom. The maximum absolute atomic E-state index is 11.7. The number of benzene rings is 1. The molecule has 0 aromatic heterocycles. The fourth-order valence-electron chi connectivity index (χ4n) is 1.56. The number of amides is 1. The van der Waals surface area contributed by atoms with Crippen molar-refractivity contribution < 1.29 is 9.53 Å². The maximum atomic E-state index is 11.7. The molecular formula is C13H12BrNO2. The van der Waals surface area contributed by atoms with Crippen LogP contribution in [0.1, 0.15) is 5.56 Å². The molecule has 1 aliphatic heterocycles. The molecule has 0 spiro atoms. The van der Waals surface area contributed by atoms with Gasteiger partial charge in [-0.05, 0) is 24.3 Å². The Hall–Kier alpha value is -1.55. The Labute approximate surface area is 108 Å². The smallest absolute Gasteiger partial charge is 0.250 e. The lowest BCUT2D eigenvalue weighted by Crippen LogP contribution is -2.28. The highest BCUT2D eigenvalue weighted by Crippen LogP contribution is 2.29. The van der Waals surface area contributed by atoms with Crippen LogP contribution in [0.3, 0.4) is 0 Å². The van der Waals surface area contributed by atoms with Crippen molar-refractivity contribution in [2.75, 3.05) is 13.2 Å². The van der Waals surface area contributed by atoms with Crippen LogP contribution in [0.2, 0.25) is 0 Å². The highest BCUT2D eigenvalue weighted by molar-refractivity contribution is 9.10. The molecule has 3 nitrogen and oxygen atoms in total. The van der Waals surface area contributed by atoms with E-state index < -0.39 is 0 Å². The SMILES string of the molecule is C=CCNC(=O)C1=Cc2cc(Br)ccc2OC1. The van der Waals surface area contributed by atoms with Crippen LogP contribution in [0, 0.1) is 0 Å². The number of carbonyl (C=O) groups excluding carboxylic acids is 1. The quantitative estimate of drug-likeness (QED) is 0.870. The fourth-order valence-corrected chi connectivity index (χ4v) is 1.94. The summed E-state index contributed by atoms with van der Waals surface area (Å²) in [6.07, 6.45) is 3.49. The van der Waals surface area contributed by atoms with Gasteiger partial charge in [0, 0.05) is 16.6 Å². The van der Waals surface area contributed by atoms with E-state index in [0.29, 0.717) is 18.7 Å². The molecule has 0 saturated carbocycles. The molecule has 0 aliphatic carbocycles. The summed E-state index contributed by atoms with van der Waals surface area (Å²) in [4.78, 5) is 11.7. The van der Waals surface area contributed by atoms with E-state index in [1.54, 1.807) is 6.08 Å². The van der Waals surface area contributed by atoms with Crippen LogP contribution in [-0.2, 0) is 4.79 Å². The van der Waals surface area contributed by atoms with Crippen LogP contribution in [-0.4, -0.2) is 19.1 Å². The topological polar surface area (TPSA) is 38.3 Å². The van der Waals surface area contributed by atoms with Gasteiger partial charge in [0.25, 0.3) is 5.91 Å². The van der Waals surface area contributed by atoms with Crippen LogP contribution >= 0.6 is 15.9 Å². The summed E-state index contributed by atoms with van der Waals surface area (Å²) in [6.45, 7) is 4.32. The molecule has 1 aromatic carbocycles. The second kappa shape index (κ2) is 5.19. The van der Waals surface area contributed by atoms with Crippen molar-refractivity contribution in [2.45, 2.75) is 0 Å². The predicted molar refractivity (Wildman–Crippen MR) is 70.8 cm³/mol. The van der Waals surface area contributed by atoms with Gasteiger partial charge in [0.15, 0.2) is 0 Å². The van der Waals surface area contributed by atoms with Crippen molar-refractivity contribution in [3.63, 3.8) is 0 Å². The Morgan fingerprint density at radius 2 is 2.41 bits per heavy atom. The summed E-state index contributed by atoms with van der Waals surface area (Å²) in [5.41, 5.74) is 1.53. The van der Waals surface area contributed by atoms with E-state index in [2.05, 4.69) is 27.8 Å². The number of nitrogens with one attached hydrogen (secondary N) is 1. The molecule has 1 N–H and O–H groups in total. The summed E-state index contributed by atoms with van der Waals surface area (Å²) in [6, 6.07) is 5.72. The first-order chi connectivity index (χ1) is 8.20. The highest BCUT2D eigenvalue weighted by atomic mass is 79.9. The van der Waals surface area contributed by atoms with Gasteiger partial charge in [0.2, 0.25) is 0 Å². The van der Waals surface area contributed by atoms with Gasteiger partial charge in [-0.3, -0.25) is 4.79 Å². The minimum absolute atomic E-state index is 0.115. The van der Waals surface area contributed by atoms with Crippen molar-refractivity contribution in [1.29, 1.82) is 0 Å². The first-order valence-corrected chi connectivity index (χ1v) is 6.02. The average molecular weight is 294 g/mol. The standard InChI is InChI=1S/C13H12BrNO2/c1-2-5-15-13(16)10-6-9-7-11(14)3-4-12(9)17-8-10/h2-4,6-7H,1,5,8H2,(H,15,16). The van der Waals surface area contributed by atoms with E-state index in [1.165, 1.54) is 0 Å². The molecule has 0 radical (unpaired) electrons. The molecule has 17 heavy (non-hydrogen) atoms. The number of ether oxygens (including phenoxy) is 1. The van der Waals surface area contributed by atoms with E-state index in [9.17, 15) is 4.79 Å². The predicted octanol–water partition coefficient (Wildman–Crippen LogP) is 2.53. The van der Waals surface area contributed by atoms with Gasteiger partial charge < -0.3 is 10.1 Å². The lowest BCUT2D eigenvalue weighted by Gasteiger charge is -2.17. The third kappa shape index (κ3) is 2.77. The van der Waals surface area contributed by atoms with Crippen LogP contribution in [0.4, 0.5) is 0 Å². The van der Waals surface area contributed by atoms with E-state index in [0.717, 1.165) is 15.8 Å². The number of carbonyl (C=O) groups is 1. The first kappa shape index (κ1) is 11.9. The zero-order valence-electron chi connectivity index (χ0n) is 9.20. The Kier molecular flexibility index (Phi) is 3.64. The van der Waals surface area contributed by atoms with Crippen molar-refractivity contribution in [1.82, 2.24) is 5.32 Å². The summed E-state index contributed by atoms with van der Waals surface area (Å²) in [7, 11) is 0. The molecule has 1 amide bonds. The maximum Gasteiger partial charge on any atom is 0.250 e. The normalized spacial score (nSPS) is 13.1. The molecule has 88 valence electrons. The third-order valence-electron chi connectivity index (χ3n) is 2.38. The first-order valence-electron chi connectivity index (χ1n) is 5.22. The zero-order chi connectivity index (χ0) is 12.3. The van der Waals surface area contributed by atoms with Crippen LogP contribution < -0.4 is 10.1 Å². The summed E-state index contributed by atoms with van der Waals surface area (Å²) in [5, 5.41) is 2.73. The van der Waals surface area contributed by atoms with Crippen LogP contribution in [0.25, 0.3) is 6.08 Å². The second-order valence-corrected chi connectivity index (χ2v) is 4.55. The molecule has 4 heteroatoms. The highest BCUT2D eigenvalue weighted by Gasteiger charge is 2.16. The minimum atomic E-state index is -0.115. The van der Waals surface area contributed by atoms with Gasteiger partial charge in [-0.25, -0.2) is 0 Å². The van der Waals surface area contributed by atoms with Gasteiger partial charge >= 0.3 is 0 Å². The third-order valence-corrected chi connectivity index (χ3v) is 2.88. The average Bonchev–Trinajstić information content (AvgIpc) is 2.35. The van der Waals surface area contributed by atoms with E-state index >= 15 is 0 Å². The molecule has 0 bridgehead atoms.